The van der Waals surface area contributed by atoms with Crippen LogP contribution in [0, 0.1) is 5.92 Å². The van der Waals surface area contributed by atoms with Crippen molar-refractivity contribution in [1.82, 2.24) is 5.32 Å². The first-order chi connectivity index (χ1) is 8.99. The maximum Gasteiger partial charge on any atom is 0.260 e. The number of hydrogen-bond acceptors (Lipinski definition) is 2. The van der Waals surface area contributed by atoms with E-state index in [-0.39, 0.29) is 5.91 Å². The molecule has 0 aliphatic rings. The van der Waals surface area contributed by atoms with Crippen LogP contribution in [0.1, 0.15) is 13.8 Å². The minimum absolute atomic E-state index is 0.0653. The lowest BCUT2D eigenvalue weighted by molar-refractivity contribution is -0.861. The minimum atomic E-state index is -0.471. The molecule has 4 nitrogen and oxygen atoms in total. The first-order valence-electron chi connectivity index (χ1n) is 6.77. The lowest BCUT2D eigenvalue weighted by Gasteiger charge is -2.18. The van der Waals surface area contributed by atoms with Gasteiger partial charge in [-0.15, -0.1) is 0 Å². The van der Waals surface area contributed by atoms with Gasteiger partial charge in [0.2, 0.25) is 0 Å². The molecule has 2 atom stereocenters. The average Bonchev–Trinajstić information content (AvgIpc) is 2.36. The Hall–Kier alpha value is -1.55. The summed E-state index contributed by atoms with van der Waals surface area (Å²) in [4.78, 5) is 13.3. The van der Waals surface area contributed by atoms with Crippen molar-refractivity contribution in [3.8, 4) is 5.75 Å². The fraction of sp³-hybridized carbons (Fsp3) is 0.533. The van der Waals surface area contributed by atoms with E-state index in [1.54, 1.807) is 6.92 Å². The van der Waals surface area contributed by atoms with E-state index in [1.807, 2.05) is 30.3 Å². The van der Waals surface area contributed by atoms with E-state index in [2.05, 4.69) is 26.3 Å². The molecule has 19 heavy (non-hydrogen) atoms. The maximum atomic E-state index is 11.9. The van der Waals surface area contributed by atoms with Gasteiger partial charge in [-0.3, -0.25) is 4.79 Å². The van der Waals surface area contributed by atoms with Gasteiger partial charge in [0.25, 0.3) is 5.91 Å². The molecular formula is C15H25N2O2+. The Bertz CT molecular complexity index is 379. The molecule has 4 heteroatoms. The average molecular weight is 265 g/mol. The van der Waals surface area contributed by atoms with Crippen LogP contribution < -0.4 is 15.0 Å². The van der Waals surface area contributed by atoms with Crippen molar-refractivity contribution in [2.24, 2.45) is 5.92 Å². The fourth-order valence-electron chi connectivity index (χ4n) is 1.94. The van der Waals surface area contributed by atoms with E-state index in [9.17, 15) is 4.79 Å². The number of carbonyl (C=O) groups excluding carboxylic acids is 1. The Balaban J connectivity index is 2.33. The topological polar surface area (TPSA) is 42.8 Å². The predicted molar refractivity (Wildman–Crippen MR) is 76.4 cm³/mol. The molecule has 0 spiro atoms. The van der Waals surface area contributed by atoms with Crippen molar-refractivity contribution in [2.45, 2.75) is 20.0 Å². The molecule has 0 saturated carbocycles. The molecule has 1 rings (SSSR count). The van der Waals surface area contributed by atoms with Crippen LogP contribution in [0.3, 0.4) is 0 Å². The number of quaternary nitrogens is 1. The standard InChI is InChI=1S/C15H24N2O2/c1-12(11-17(3)4)10-16-15(18)13(2)19-14-8-6-5-7-9-14/h5-9,12-13H,10-11H2,1-4H3,(H,16,18)/p+1/t12-,13-/m0/s1. The Morgan fingerprint density at radius 3 is 2.47 bits per heavy atom. The van der Waals surface area contributed by atoms with E-state index >= 15 is 0 Å². The number of amides is 1. The summed E-state index contributed by atoms with van der Waals surface area (Å²) < 4.78 is 5.57. The summed E-state index contributed by atoms with van der Waals surface area (Å²) in [5.74, 6) is 1.11. The molecule has 0 aliphatic heterocycles. The van der Waals surface area contributed by atoms with Crippen molar-refractivity contribution in [3.05, 3.63) is 30.3 Å². The largest absolute Gasteiger partial charge is 0.481 e. The highest BCUT2D eigenvalue weighted by molar-refractivity contribution is 5.80. The maximum absolute atomic E-state index is 11.9. The smallest absolute Gasteiger partial charge is 0.260 e. The molecule has 0 unspecified atom stereocenters. The number of rotatable bonds is 7. The number of benzene rings is 1. The van der Waals surface area contributed by atoms with Crippen molar-refractivity contribution in [1.29, 1.82) is 0 Å². The molecule has 2 N–H and O–H groups in total. The monoisotopic (exact) mass is 265 g/mol. The van der Waals surface area contributed by atoms with Gasteiger partial charge >= 0.3 is 0 Å². The van der Waals surface area contributed by atoms with Crippen LogP contribution in [0.2, 0.25) is 0 Å². The lowest BCUT2D eigenvalue weighted by Crippen LogP contribution is -3.06. The highest BCUT2D eigenvalue weighted by Gasteiger charge is 2.15. The summed E-state index contributed by atoms with van der Waals surface area (Å²) in [7, 11) is 4.22. The second-order valence-corrected chi connectivity index (χ2v) is 5.33. The van der Waals surface area contributed by atoms with Crippen LogP contribution in [0.15, 0.2) is 30.3 Å². The molecule has 0 aliphatic carbocycles. The molecule has 1 aromatic rings. The number of nitrogens with one attached hydrogen (secondary N) is 2. The van der Waals surface area contributed by atoms with Gasteiger partial charge in [-0.25, -0.2) is 0 Å². The quantitative estimate of drug-likeness (QED) is 0.747. The predicted octanol–water partition coefficient (Wildman–Crippen LogP) is 0.351. The van der Waals surface area contributed by atoms with Crippen molar-refractivity contribution >= 4 is 5.91 Å². The third-order valence-electron chi connectivity index (χ3n) is 2.81. The summed E-state index contributed by atoms with van der Waals surface area (Å²) in [6.07, 6.45) is -0.471. The van der Waals surface area contributed by atoms with Crippen LogP contribution in [-0.2, 0) is 4.79 Å². The zero-order chi connectivity index (χ0) is 14.3. The Labute approximate surface area is 115 Å². The van der Waals surface area contributed by atoms with Gasteiger partial charge < -0.3 is 15.0 Å². The first kappa shape index (κ1) is 15.5. The molecular weight excluding hydrogens is 240 g/mol. The minimum Gasteiger partial charge on any atom is -0.481 e. The van der Waals surface area contributed by atoms with Gasteiger partial charge in [-0.05, 0) is 19.1 Å². The second kappa shape index (κ2) is 7.79. The third-order valence-corrected chi connectivity index (χ3v) is 2.81. The van der Waals surface area contributed by atoms with Crippen molar-refractivity contribution in [2.75, 3.05) is 27.2 Å². The molecule has 0 heterocycles. The fourth-order valence-corrected chi connectivity index (χ4v) is 1.94. The van der Waals surface area contributed by atoms with Gasteiger partial charge in [-0.1, -0.05) is 25.1 Å². The van der Waals surface area contributed by atoms with Crippen LogP contribution in [-0.4, -0.2) is 39.2 Å². The summed E-state index contributed by atoms with van der Waals surface area (Å²) in [6, 6.07) is 9.40. The van der Waals surface area contributed by atoms with E-state index in [1.165, 1.54) is 4.90 Å². The van der Waals surface area contributed by atoms with E-state index < -0.39 is 6.10 Å². The van der Waals surface area contributed by atoms with Crippen LogP contribution >= 0.6 is 0 Å². The zero-order valence-corrected chi connectivity index (χ0v) is 12.3. The van der Waals surface area contributed by atoms with Crippen LogP contribution in [0.4, 0.5) is 0 Å². The van der Waals surface area contributed by atoms with Gasteiger partial charge in [-0.2, -0.15) is 0 Å². The van der Waals surface area contributed by atoms with E-state index in [4.69, 9.17) is 4.74 Å². The SMILES string of the molecule is C[C@@H](CNC(=O)[C@H](C)Oc1ccccc1)C[NH+](C)C. The Kier molecular flexibility index (Phi) is 6.36. The molecule has 1 aromatic carbocycles. The zero-order valence-electron chi connectivity index (χ0n) is 12.3. The Morgan fingerprint density at radius 2 is 1.89 bits per heavy atom. The molecule has 106 valence electrons. The molecule has 1 amide bonds. The van der Waals surface area contributed by atoms with Crippen LogP contribution in [0.25, 0.3) is 0 Å². The van der Waals surface area contributed by atoms with Crippen LogP contribution in [0.5, 0.6) is 5.75 Å². The van der Waals surface area contributed by atoms with Crippen molar-refractivity contribution in [3.63, 3.8) is 0 Å². The van der Waals surface area contributed by atoms with Gasteiger partial charge in [0.05, 0.1) is 20.6 Å². The molecule has 0 saturated heterocycles. The summed E-state index contributed by atoms with van der Waals surface area (Å²) in [5, 5.41) is 2.93. The highest BCUT2D eigenvalue weighted by atomic mass is 16.5. The second-order valence-electron chi connectivity index (χ2n) is 5.33. The number of para-hydroxylation sites is 1. The molecule has 0 fully saturated rings. The highest BCUT2D eigenvalue weighted by Crippen LogP contribution is 2.10. The van der Waals surface area contributed by atoms with Gasteiger partial charge in [0, 0.05) is 12.5 Å². The molecule has 0 bridgehead atoms. The summed E-state index contributed by atoms with van der Waals surface area (Å²) >= 11 is 0. The number of ether oxygens (including phenoxy) is 1. The summed E-state index contributed by atoms with van der Waals surface area (Å²) in [5.41, 5.74) is 0. The number of hydrogen-bond donors (Lipinski definition) is 2. The number of carbonyl (C=O) groups is 1. The summed E-state index contributed by atoms with van der Waals surface area (Å²) in [6.45, 7) is 5.63. The third kappa shape index (κ3) is 6.25. The molecule has 0 aromatic heterocycles. The van der Waals surface area contributed by atoms with Crippen molar-refractivity contribution < 1.29 is 14.4 Å². The molecule has 0 radical (unpaired) electrons. The first-order valence-corrected chi connectivity index (χ1v) is 6.77. The van der Waals surface area contributed by atoms with Gasteiger partial charge in [0.1, 0.15) is 5.75 Å². The Morgan fingerprint density at radius 1 is 1.26 bits per heavy atom. The normalized spacial score (nSPS) is 13.9. The van der Waals surface area contributed by atoms with Gasteiger partial charge in [0.15, 0.2) is 6.10 Å². The van der Waals surface area contributed by atoms with E-state index in [0.29, 0.717) is 12.5 Å². The van der Waals surface area contributed by atoms with E-state index in [0.717, 1.165) is 12.3 Å². The lowest BCUT2D eigenvalue weighted by atomic mass is 10.1.